The fraction of sp³-hybridized carbons (Fsp3) is 0.423. The number of aromatic nitrogens is 2. The molecule has 2 atom stereocenters. The van der Waals surface area contributed by atoms with Gasteiger partial charge in [0, 0.05) is 33.2 Å². The van der Waals surface area contributed by atoms with Crippen LogP contribution in [0, 0.1) is 17.6 Å². The maximum absolute atomic E-state index is 16.1. The highest BCUT2D eigenvalue weighted by atomic mass is 19.1. The highest BCUT2D eigenvalue weighted by Gasteiger charge is 2.43. The zero-order valence-corrected chi connectivity index (χ0v) is 20.8. The molecule has 0 aliphatic carbocycles. The molecule has 9 nitrogen and oxygen atoms in total. The largest absolute Gasteiger partial charge is 0.459 e. The zero-order valence-electron chi connectivity index (χ0n) is 20.8. The lowest BCUT2D eigenvalue weighted by Gasteiger charge is -2.46. The van der Waals surface area contributed by atoms with Gasteiger partial charge in [-0.2, -0.15) is 9.78 Å². The van der Waals surface area contributed by atoms with E-state index in [1.54, 1.807) is 35.0 Å². The number of benzene rings is 1. The lowest BCUT2D eigenvalue weighted by atomic mass is 9.87. The van der Waals surface area contributed by atoms with Gasteiger partial charge in [-0.25, -0.2) is 8.78 Å². The van der Waals surface area contributed by atoms with Crippen molar-refractivity contribution in [2.24, 2.45) is 5.92 Å². The van der Waals surface area contributed by atoms with Crippen molar-refractivity contribution in [3.05, 3.63) is 71.3 Å². The van der Waals surface area contributed by atoms with Gasteiger partial charge in [-0.05, 0) is 35.7 Å². The van der Waals surface area contributed by atoms with Crippen LogP contribution in [0.3, 0.4) is 0 Å². The van der Waals surface area contributed by atoms with Crippen molar-refractivity contribution in [2.45, 2.75) is 19.5 Å². The topological polar surface area (TPSA) is 84.0 Å². The van der Waals surface area contributed by atoms with Crippen molar-refractivity contribution in [3.63, 3.8) is 0 Å². The number of carbonyl (C=O) groups is 2. The number of hydrogen-bond acceptors (Lipinski definition) is 7. The van der Waals surface area contributed by atoms with Gasteiger partial charge in [-0.1, -0.05) is 19.1 Å². The minimum absolute atomic E-state index is 0.0199. The van der Waals surface area contributed by atoms with E-state index in [0.717, 1.165) is 10.2 Å². The Morgan fingerprint density at radius 2 is 1.86 bits per heavy atom. The molecule has 2 saturated heterocycles. The van der Waals surface area contributed by atoms with E-state index in [9.17, 15) is 14.0 Å². The summed E-state index contributed by atoms with van der Waals surface area (Å²) in [7, 11) is 1.64. The Morgan fingerprint density at radius 3 is 2.51 bits per heavy atom. The summed E-state index contributed by atoms with van der Waals surface area (Å²) in [6.07, 6.45) is 1.36. The lowest BCUT2D eigenvalue weighted by Crippen LogP contribution is -2.54. The van der Waals surface area contributed by atoms with Crippen LogP contribution in [0.15, 0.2) is 47.1 Å². The van der Waals surface area contributed by atoms with Gasteiger partial charge in [0.25, 0.3) is 0 Å². The van der Waals surface area contributed by atoms with Crippen molar-refractivity contribution in [3.8, 4) is 0 Å². The van der Waals surface area contributed by atoms with E-state index in [2.05, 4.69) is 5.10 Å². The molecule has 2 unspecified atom stereocenters. The van der Waals surface area contributed by atoms with E-state index < -0.39 is 17.8 Å². The number of nitrogens with zero attached hydrogens (tertiary/aromatic N) is 5. The van der Waals surface area contributed by atoms with Crippen molar-refractivity contribution in [2.75, 3.05) is 51.3 Å². The van der Waals surface area contributed by atoms with Crippen LogP contribution in [0.2, 0.25) is 0 Å². The van der Waals surface area contributed by atoms with Crippen LogP contribution in [-0.4, -0.2) is 77.8 Å². The number of ether oxygens (including phenoxy) is 1. The van der Waals surface area contributed by atoms with Crippen LogP contribution in [0.5, 0.6) is 0 Å². The van der Waals surface area contributed by atoms with Gasteiger partial charge in [0.15, 0.2) is 17.4 Å². The molecule has 1 aromatic carbocycles. The first-order valence-electron chi connectivity index (χ1n) is 12.2. The third-order valence-corrected chi connectivity index (χ3v) is 6.89. The second-order valence-electron chi connectivity index (χ2n) is 9.54. The Kier molecular flexibility index (Phi) is 7.07. The Bertz CT molecular complexity index is 1250. The molecule has 11 heteroatoms. The fourth-order valence-corrected chi connectivity index (χ4v) is 5.01. The predicted octanol–water partition coefficient (Wildman–Crippen LogP) is 2.93. The summed E-state index contributed by atoms with van der Waals surface area (Å²) in [6.45, 7) is 5.00. The van der Waals surface area contributed by atoms with Crippen LogP contribution in [0.4, 0.5) is 14.6 Å². The van der Waals surface area contributed by atoms with Gasteiger partial charge in [-0.3, -0.25) is 14.5 Å². The number of amides is 1. The Hall–Kier alpha value is -3.57. The molecule has 4 heterocycles. The molecule has 2 aliphatic rings. The first kappa shape index (κ1) is 25.1. The number of carbonyl (C=O) groups excluding carboxylic acids is 2. The van der Waals surface area contributed by atoms with Crippen LogP contribution in [-0.2, 0) is 16.1 Å². The number of furan rings is 1. The maximum Gasteiger partial charge on any atom is 0.315 e. The molecule has 0 saturated carbocycles. The van der Waals surface area contributed by atoms with Crippen LogP contribution < -0.4 is 4.90 Å². The van der Waals surface area contributed by atoms with Crippen molar-refractivity contribution in [1.82, 2.24) is 19.6 Å². The molecule has 1 amide bonds. The second kappa shape index (κ2) is 10.4. The highest BCUT2D eigenvalue weighted by molar-refractivity contribution is 5.95. The molecule has 2 aliphatic heterocycles. The van der Waals surface area contributed by atoms with Gasteiger partial charge in [0.05, 0.1) is 32.1 Å². The monoisotopic (exact) mass is 513 g/mol. The Balaban J connectivity index is 1.45. The second-order valence-corrected chi connectivity index (χ2v) is 9.54. The van der Waals surface area contributed by atoms with Crippen molar-refractivity contribution in [1.29, 1.82) is 0 Å². The molecule has 0 N–H and O–H groups in total. The van der Waals surface area contributed by atoms with Crippen LogP contribution in [0.1, 0.15) is 34.8 Å². The summed E-state index contributed by atoms with van der Waals surface area (Å²) >= 11 is 0. The quantitative estimate of drug-likeness (QED) is 0.480. The molecule has 196 valence electrons. The maximum atomic E-state index is 16.1. The van der Waals surface area contributed by atoms with Crippen molar-refractivity contribution < 1.29 is 27.5 Å². The zero-order chi connectivity index (χ0) is 26.1. The first-order chi connectivity index (χ1) is 17.8. The van der Waals surface area contributed by atoms with E-state index in [-0.39, 0.29) is 48.0 Å². The van der Waals surface area contributed by atoms with E-state index in [1.807, 2.05) is 11.8 Å². The lowest BCUT2D eigenvalue weighted by molar-refractivity contribution is -0.140. The molecule has 37 heavy (non-hydrogen) atoms. The van der Waals surface area contributed by atoms with Crippen LogP contribution in [0.25, 0.3) is 0 Å². The first-order valence-corrected chi connectivity index (χ1v) is 12.2. The predicted molar refractivity (Wildman–Crippen MR) is 130 cm³/mol. The SMILES string of the molecule is CC1CN(CC(=O)N2CCOCC2)C1c1nn(C(=O)c2ccco2)c(N(C)Cc2ccc(F)cc2)c1F. The fourth-order valence-electron chi connectivity index (χ4n) is 5.01. The number of hydrogen-bond donors (Lipinski definition) is 0. The summed E-state index contributed by atoms with van der Waals surface area (Å²) in [5, 5.41) is 4.43. The molecular weight excluding hydrogens is 484 g/mol. The average molecular weight is 514 g/mol. The molecule has 3 aromatic rings. The Morgan fingerprint density at radius 1 is 1.14 bits per heavy atom. The van der Waals surface area contributed by atoms with Gasteiger partial charge >= 0.3 is 5.91 Å². The molecule has 0 bridgehead atoms. The molecule has 0 spiro atoms. The minimum Gasteiger partial charge on any atom is -0.459 e. The molecule has 0 radical (unpaired) electrons. The standard InChI is InChI=1S/C26H29F2N5O4/c1-17-14-32(16-21(34)31-9-12-36-13-10-31)24(17)23-22(28)25(30(2)15-18-5-7-19(27)8-6-18)33(29-23)26(35)20-4-3-11-37-20/h3-8,11,17,24H,9-10,12-16H2,1-2H3. The van der Waals surface area contributed by atoms with Crippen molar-refractivity contribution >= 4 is 17.6 Å². The smallest absolute Gasteiger partial charge is 0.315 e. The summed E-state index contributed by atoms with van der Waals surface area (Å²) in [4.78, 5) is 31.3. The number of likely N-dealkylation sites (tertiary alicyclic amines) is 1. The van der Waals surface area contributed by atoms with Gasteiger partial charge in [0.2, 0.25) is 5.91 Å². The van der Waals surface area contributed by atoms with Gasteiger partial charge in [-0.15, -0.1) is 0 Å². The van der Waals surface area contributed by atoms with Crippen LogP contribution >= 0.6 is 0 Å². The summed E-state index contributed by atoms with van der Waals surface area (Å²) in [5.41, 5.74) is 0.840. The number of morpholine rings is 1. The molecular formula is C26H29F2N5O4. The van der Waals surface area contributed by atoms with E-state index in [4.69, 9.17) is 9.15 Å². The molecule has 5 rings (SSSR count). The summed E-state index contributed by atoms with van der Waals surface area (Å²) < 4.78 is 41.1. The number of rotatable bonds is 7. The summed E-state index contributed by atoms with van der Waals surface area (Å²) in [5.74, 6) is -1.64. The Labute approximate surface area is 213 Å². The molecule has 2 aromatic heterocycles. The third kappa shape index (κ3) is 5.01. The minimum atomic E-state index is -0.634. The number of anilines is 1. The highest BCUT2D eigenvalue weighted by Crippen LogP contribution is 2.41. The summed E-state index contributed by atoms with van der Waals surface area (Å²) in [6, 6.07) is 8.46. The molecule has 2 fully saturated rings. The van der Waals surface area contributed by atoms with Gasteiger partial charge < -0.3 is 19.0 Å². The van der Waals surface area contributed by atoms with E-state index >= 15 is 4.39 Å². The third-order valence-electron chi connectivity index (χ3n) is 6.89. The number of halogens is 2. The normalized spacial score (nSPS) is 20.1. The van der Waals surface area contributed by atoms with Gasteiger partial charge in [0.1, 0.15) is 11.5 Å². The van der Waals surface area contributed by atoms with E-state index in [1.165, 1.54) is 24.5 Å². The van der Waals surface area contributed by atoms with E-state index in [0.29, 0.717) is 32.8 Å². The average Bonchev–Trinajstić information content (AvgIpc) is 3.54.